The van der Waals surface area contributed by atoms with E-state index in [1.54, 1.807) is 12.1 Å². The number of nitrogens with one attached hydrogen (secondary N) is 1. The molecule has 112 valence electrons. The number of ether oxygens (including phenoxy) is 1. The normalized spacial score (nSPS) is 11.3. The van der Waals surface area contributed by atoms with Crippen molar-refractivity contribution in [1.82, 2.24) is 14.7 Å². The van der Waals surface area contributed by atoms with Crippen LogP contribution in [0.4, 0.5) is 0 Å². The summed E-state index contributed by atoms with van der Waals surface area (Å²) in [7, 11) is -3.67. The van der Waals surface area contributed by atoms with Gasteiger partial charge in [0.15, 0.2) is 0 Å². The number of benzene rings is 1. The molecule has 0 atom stereocenters. The first kappa shape index (κ1) is 15.7. The fourth-order valence-electron chi connectivity index (χ4n) is 1.61. The second-order valence-electron chi connectivity index (χ2n) is 4.09. The smallest absolute Gasteiger partial charge is 0.243 e. The molecule has 0 unspecified atom stereocenters. The molecule has 8 heteroatoms. The van der Waals surface area contributed by atoms with Gasteiger partial charge in [0.05, 0.1) is 19.0 Å². The van der Waals surface area contributed by atoms with Crippen LogP contribution in [-0.2, 0) is 16.6 Å². The van der Waals surface area contributed by atoms with Crippen molar-refractivity contribution in [2.24, 2.45) is 0 Å². The topological polar surface area (TPSA) is 81.2 Å². The predicted octanol–water partition coefficient (Wildman–Crippen LogP) is 2.01. The number of nitrogens with zero attached hydrogens (tertiary/aromatic N) is 2. The van der Waals surface area contributed by atoms with Gasteiger partial charge in [0, 0.05) is 6.54 Å². The lowest BCUT2D eigenvalue weighted by Gasteiger charge is -2.08. The van der Waals surface area contributed by atoms with Gasteiger partial charge in [-0.25, -0.2) is 23.1 Å². The molecule has 2 rings (SSSR count). The maximum absolute atomic E-state index is 12.1. The summed E-state index contributed by atoms with van der Waals surface area (Å²) in [5.74, 6) is 0.698. The number of rotatable bonds is 6. The van der Waals surface area contributed by atoms with E-state index < -0.39 is 10.0 Å². The maximum Gasteiger partial charge on any atom is 0.243 e. The Morgan fingerprint density at radius 2 is 2.00 bits per heavy atom. The second-order valence-corrected chi connectivity index (χ2v) is 6.20. The van der Waals surface area contributed by atoms with Crippen LogP contribution in [0.3, 0.4) is 0 Å². The molecule has 1 N–H and O–H groups in total. The molecular formula is C13H14ClN3O3S. The molecule has 0 aliphatic rings. The summed E-state index contributed by atoms with van der Waals surface area (Å²) in [5.41, 5.74) is 0.791. The van der Waals surface area contributed by atoms with Crippen molar-refractivity contribution >= 4 is 21.6 Å². The first-order valence-electron chi connectivity index (χ1n) is 6.20. The third kappa shape index (κ3) is 4.38. The van der Waals surface area contributed by atoms with Crippen molar-refractivity contribution < 1.29 is 13.2 Å². The third-order valence-electron chi connectivity index (χ3n) is 2.58. The van der Waals surface area contributed by atoms with E-state index in [-0.39, 0.29) is 16.7 Å². The molecule has 0 aliphatic heterocycles. The van der Waals surface area contributed by atoms with Gasteiger partial charge in [-0.15, -0.1) is 0 Å². The highest BCUT2D eigenvalue weighted by atomic mass is 35.5. The SMILES string of the molecule is CCOc1cccc(CNS(=O)(=O)c2cnc(Cl)nc2)c1. The summed E-state index contributed by atoms with van der Waals surface area (Å²) in [6.45, 7) is 2.58. The minimum absolute atomic E-state index is 0.00151. The van der Waals surface area contributed by atoms with E-state index in [1.165, 1.54) is 0 Å². The van der Waals surface area contributed by atoms with Crippen molar-refractivity contribution in [2.75, 3.05) is 6.61 Å². The highest BCUT2D eigenvalue weighted by Crippen LogP contribution is 2.14. The summed E-state index contributed by atoms with van der Waals surface area (Å²) >= 11 is 5.53. The monoisotopic (exact) mass is 327 g/mol. The average Bonchev–Trinajstić information content (AvgIpc) is 2.47. The number of sulfonamides is 1. The molecule has 1 heterocycles. The van der Waals surface area contributed by atoms with Gasteiger partial charge in [-0.2, -0.15) is 0 Å². The van der Waals surface area contributed by atoms with Gasteiger partial charge in [-0.1, -0.05) is 12.1 Å². The van der Waals surface area contributed by atoms with Crippen molar-refractivity contribution in [3.8, 4) is 5.75 Å². The highest BCUT2D eigenvalue weighted by Gasteiger charge is 2.14. The van der Waals surface area contributed by atoms with Crippen molar-refractivity contribution in [3.05, 3.63) is 47.5 Å². The number of hydrogen-bond donors (Lipinski definition) is 1. The minimum atomic E-state index is -3.67. The molecule has 0 saturated heterocycles. The Morgan fingerprint density at radius 3 is 2.67 bits per heavy atom. The summed E-state index contributed by atoms with van der Waals surface area (Å²) in [6.07, 6.45) is 2.32. The van der Waals surface area contributed by atoms with E-state index in [1.807, 2.05) is 19.1 Å². The van der Waals surface area contributed by atoms with Crippen LogP contribution in [0.5, 0.6) is 5.75 Å². The van der Waals surface area contributed by atoms with E-state index in [0.29, 0.717) is 12.4 Å². The van der Waals surface area contributed by atoms with E-state index in [2.05, 4.69) is 14.7 Å². The molecule has 0 radical (unpaired) electrons. The zero-order valence-electron chi connectivity index (χ0n) is 11.3. The zero-order valence-corrected chi connectivity index (χ0v) is 12.9. The van der Waals surface area contributed by atoms with Crippen molar-refractivity contribution in [2.45, 2.75) is 18.4 Å². The standard InChI is InChI=1S/C13H14ClN3O3S/c1-2-20-11-5-3-4-10(6-11)7-17-21(18,19)12-8-15-13(14)16-9-12/h3-6,8-9,17H,2,7H2,1H3. The van der Waals surface area contributed by atoms with Gasteiger partial charge in [-0.3, -0.25) is 0 Å². The molecule has 0 aliphatic carbocycles. The van der Waals surface area contributed by atoms with Gasteiger partial charge in [0.25, 0.3) is 0 Å². The van der Waals surface area contributed by atoms with Gasteiger partial charge < -0.3 is 4.74 Å². The molecule has 0 amide bonds. The molecule has 1 aromatic heterocycles. The second kappa shape index (κ2) is 6.84. The minimum Gasteiger partial charge on any atom is -0.494 e. The molecular weight excluding hydrogens is 314 g/mol. The Labute approximate surface area is 128 Å². The fourth-order valence-corrected chi connectivity index (χ4v) is 2.62. The molecule has 1 aromatic carbocycles. The van der Waals surface area contributed by atoms with E-state index in [9.17, 15) is 8.42 Å². The molecule has 0 bridgehead atoms. The van der Waals surface area contributed by atoms with E-state index in [0.717, 1.165) is 18.0 Å². The molecule has 21 heavy (non-hydrogen) atoms. The molecule has 0 spiro atoms. The summed E-state index contributed by atoms with van der Waals surface area (Å²) in [4.78, 5) is 7.27. The summed E-state index contributed by atoms with van der Waals surface area (Å²) in [5, 5.41) is -0.00151. The predicted molar refractivity (Wildman–Crippen MR) is 78.7 cm³/mol. The maximum atomic E-state index is 12.1. The van der Waals surface area contributed by atoms with Crippen LogP contribution < -0.4 is 9.46 Å². The van der Waals surface area contributed by atoms with Crippen molar-refractivity contribution in [1.29, 1.82) is 0 Å². The fraction of sp³-hybridized carbons (Fsp3) is 0.231. The van der Waals surface area contributed by atoms with Crippen LogP contribution in [0.15, 0.2) is 41.6 Å². The number of hydrogen-bond acceptors (Lipinski definition) is 5. The third-order valence-corrected chi connectivity index (χ3v) is 4.13. The Kier molecular flexibility index (Phi) is 5.11. The van der Waals surface area contributed by atoms with Crippen LogP contribution in [0.1, 0.15) is 12.5 Å². The first-order valence-corrected chi connectivity index (χ1v) is 8.06. The van der Waals surface area contributed by atoms with Gasteiger partial charge in [-0.05, 0) is 36.2 Å². The largest absolute Gasteiger partial charge is 0.494 e. The van der Waals surface area contributed by atoms with Crippen LogP contribution in [0, 0.1) is 0 Å². The van der Waals surface area contributed by atoms with E-state index in [4.69, 9.17) is 16.3 Å². The van der Waals surface area contributed by atoms with Crippen molar-refractivity contribution in [3.63, 3.8) is 0 Å². The van der Waals surface area contributed by atoms with Crippen LogP contribution in [0.25, 0.3) is 0 Å². The Morgan fingerprint density at radius 1 is 1.29 bits per heavy atom. The van der Waals surface area contributed by atoms with Gasteiger partial charge >= 0.3 is 0 Å². The number of aromatic nitrogens is 2. The Bertz CT molecular complexity index is 705. The summed E-state index contributed by atoms with van der Waals surface area (Å²) < 4.78 is 32.0. The van der Waals surface area contributed by atoms with E-state index >= 15 is 0 Å². The zero-order chi connectivity index (χ0) is 15.3. The van der Waals surface area contributed by atoms with Crippen LogP contribution in [0.2, 0.25) is 5.28 Å². The quantitative estimate of drug-likeness (QED) is 0.821. The van der Waals surface area contributed by atoms with Gasteiger partial charge in [0.1, 0.15) is 10.6 Å². The molecule has 2 aromatic rings. The molecule has 6 nitrogen and oxygen atoms in total. The van der Waals surface area contributed by atoms with Gasteiger partial charge in [0.2, 0.25) is 15.3 Å². The Hall–Kier alpha value is -1.70. The lowest BCUT2D eigenvalue weighted by atomic mass is 10.2. The average molecular weight is 328 g/mol. The lowest BCUT2D eigenvalue weighted by molar-refractivity contribution is 0.340. The lowest BCUT2D eigenvalue weighted by Crippen LogP contribution is -2.23. The molecule has 0 saturated carbocycles. The summed E-state index contributed by atoms with van der Waals surface area (Å²) in [6, 6.07) is 7.21. The first-order chi connectivity index (χ1) is 10.0. The van der Waals surface area contributed by atoms with Crippen LogP contribution in [-0.4, -0.2) is 25.0 Å². The number of halogens is 1. The van der Waals surface area contributed by atoms with Crippen LogP contribution >= 0.6 is 11.6 Å². The Balaban J connectivity index is 2.08. The molecule has 0 fully saturated rings. The highest BCUT2D eigenvalue weighted by molar-refractivity contribution is 7.89.